The number of nitrogens with zero attached hydrogens (tertiary/aromatic N) is 4. The van der Waals surface area contributed by atoms with Crippen LogP contribution < -0.4 is 10.6 Å². The number of nitrogen functional groups attached to an aromatic ring is 1. The Balaban J connectivity index is 1.28. The molecule has 1 saturated heterocycles. The van der Waals surface area contributed by atoms with E-state index >= 15 is 0 Å². The number of carbonyl (C=O) groups excluding carboxylic acids is 1. The van der Waals surface area contributed by atoms with Gasteiger partial charge in [0.1, 0.15) is 12.4 Å². The molecule has 34 heavy (non-hydrogen) atoms. The van der Waals surface area contributed by atoms with Crippen molar-refractivity contribution in [2.75, 3.05) is 18.9 Å². The van der Waals surface area contributed by atoms with Crippen molar-refractivity contribution in [2.24, 2.45) is 5.92 Å². The molecule has 8 heteroatoms. The van der Waals surface area contributed by atoms with Crippen molar-refractivity contribution in [3.63, 3.8) is 0 Å². The zero-order chi connectivity index (χ0) is 24.1. The maximum absolute atomic E-state index is 13.1. The summed E-state index contributed by atoms with van der Waals surface area (Å²) in [6, 6.07) is 16.6. The first-order chi connectivity index (χ1) is 16.4. The second-order valence-corrected chi connectivity index (χ2v) is 10.3. The predicted octanol–water partition coefficient (Wildman–Crippen LogP) is 4.15. The monoisotopic (exact) mass is 479 g/mol. The lowest BCUT2D eigenvalue weighted by Crippen LogP contribution is -2.42. The Morgan fingerprint density at radius 3 is 2.44 bits per heavy atom. The van der Waals surface area contributed by atoms with Crippen LogP contribution in [0.2, 0.25) is 0 Å². The van der Waals surface area contributed by atoms with Gasteiger partial charge in [-0.15, -0.1) is 10.2 Å². The molecule has 1 atom stereocenters. The molecule has 1 aliphatic heterocycles. The van der Waals surface area contributed by atoms with Gasteiger partial charge in [0, 0.05) is 13.1 Å². The zero-order valence-corrected chi connectivity index (χ0v) is 20.9. The number of benzene rings is 2. The van der Waals surface area contributed by atoms with E-state index in [1.807, 2.05) is 49.9 Å². The van der Waals surface area contributed by atoms with Crippen molar-refractivity contribution < 1.29 is 9.53 Å². The van der Waals surface area contributed by atoms with Gasteiger partial charge < -0.3 is 15.5 Å². The number of aromatic nitrogens is 3. The Labute approximate surface area is 205 Å². The van der Waals surface area contributed by atoms with E-state index in [-0.39, 0.29) is 17.8 Å². The first-order valence-corrected chi connectivity index (χ1v) is 12.7. The molecule has 3 aromatic rings. The summed E-state index contributed by atoms with van der Waals surface area (Å²) in [4.78, 5) is 15.0. The quantitative estimate of drug-likeness (QED) is 0.386. The van der Waals surface area contributed by atoms with Crippen molar-refractivity contribution in [1.82, 2.24) is 19.8 Å². The SMILES string of the molecule is Cc1cccc(C)c1OCc1nnc(SC(C)C(=O)N2CCC(Cc3ccccc3)CC2)n1N. The maximum Gasteiger partial charge on any atom is 0.235 e. The van der Waals surface area contributed by atoms with Gasteiger partial charge in [-0.3, -0.25) is 4.79 Å². The summed E-state index contributed by atoms with van der Waals surface area (Å²) < 4.78 is 7.38. The van der Waals surface area contributed by atoms with Crippen LogP contribution in [0.25, 0.3) is 0 Å². The van der Waals surface area contributed by atoms with Crippen molar-refractivity contribution >= 4 is 17.7 Å². The van der Waals surface area contributed by atoms with E-state index in [0.717, 1.165) is 49.2 Å². The highest BCUT2D eigenvalue weighted by atomic mass is 32.2. The third-order valence-electron chi connectivity index (χ3n) is 6.41. The molecule has 4 rings (SSSR count). The Bertz CT molecular complexity index is 1090. The average molecular weight is 480 g/mol. The number of aryl methyl sites for hydroxylation is 2. The summed E-state index contributed by atoms with van der Waals surface area (Å²) in [6.45, 7) is 7.73. The standard InChI is InChI=1S/C26H33N5O2S/c1-18-8-7-9-19(2)24(18)33-17-23-28-29-26(31(23)27)34-20(3)25(32)30-14-12-22(13-15-30)16-21-10-5-4-6-11-21/h4-11,20,22H,12-17,27H2,1-3H3. The lowest BCUT2D eigenvalue weighted by molar-refractivity contribution is -0.131. The summed E-state index contributed by atoms with van der Waals surface area (Å²) in [5, 5.41) is 8.61. The maximum atomic E-state index is 13.1. The van der Waals surface area contributed by atoms with E-state index in [0.29, 0.717) is 16.9 Å². The van der Waals surface area contributed by atoms with Crippen LogP contribution in [0.1, 0.15) is 42.3 Å². The predicted molar refractivity (Wildman–Crippen MR) is 135 cm³/mol. The van der Waals surface area contributed by atoms with Gasteiger partial charge in [0.05, 0.1) is 5.25 Å². The smallest absolute Gasteiger partial charge is 0.235 e. The van der Waals surface area contributed by atoms with Gasteiger partial charge >= 0.3 is 0 Å². The summed E-state index contributed by atoms with van der Waals surface area (Å²) in [6.07, 6.45) is 3.14. The molecule has 2 aromatic carbocycles. The molecule has 1 aliphatic rings. The van der Waals surface area contributed by atoms with Crippen LogP contribution in [0.4, 0.5) is 0 Å². The number of thioether (sulfide) groups is 1. The highest BCUT2D eigenvalue weighted by molar-refractivity contribution is 8.00. The minimum atomic E-state index is -0.287. The number of piperidine rings is 1. The van der Waals surface area contributed by atoms with Gasteiger partial charge in [0.15, 0.2) is 5.82 Å². The number of rotatable bonds is 8. The minimum Gasteiger partial charge on any atom is -0.485 e. The van der Waals surface area contributed by atoms with E-state index in [1.165, 1.54) is 22.0 Å². The molecule has 0 saturated carbocycles. The normalized spacial score (nSPS) is 15.3. The molecule has 0 radical (unpaired) electrons. The molecule has 0 bridgehead atoms. The third kappa shape index (κ3) is 5.73. The largest absolute Gasteiger partial charge is 0.485 e. The number of ether oxygens (including phenoxy) is 1. The lowest BCUT2D eigenvalue weighted by atomic mass is 9.90. The number of amides is 1. The van der Waals surface area contributed by atoms with Gasteiger partial charge in [0.2, 0.25) is 11.1 Å². The number of nitrogens with two attached hydrogens (primary N) is 1. The van der Waals surface area contributed by atoms with Crippen molar-refractivity contribution in [3.05, 3.63) is 71.0 Å². The van der Waals surface area contributed by atoms with Gasteiger partial charge in [-0.1, -0.05) is 60.3 Å². The second kappa shape index (κ2) is 11.0. The Kier molecular flexibility index (Phi) is 7.77. The fourth-order valence-corrected chi connectivity index (χ4v) is 5.29. The van der Waals surface area contributed by atoms with E-state index in [9.17, 15) is 4.79 Å². The van der Waals surface area contributed by atoms with Gasteiger partial charge in [-0.25, -0.2) is 4.68 Å². The first-order valence-electron chi connectivity index (χ1n) is 11.8. The van der Waals surface area contributed by atoms with Crippen molar-refractivity contribution in [1.29, 1.82) is 0 Å². The summed E-state index contributed by atoms with van der Waals surface area (Å²) in [5.74, 6) is 8.33. The van der Waals surface area contributed by atoms with Gasteiger partial charge in [0.25, 0.3) is 0 Å². The molecule has 180 valence electrons. The lowest BCUT2D eigenvalue weighted by Gasteiger charge is -2.33. The second-order valence-electron chi connectivity index (χ2n) is 9.00. The number of para-hydroxylation sites is 1. The average Bonchev–Trinajstić information content (AvgIpc) is 3.18. The molecule has 1 amide bonds. The molecule has 0 spiro atoms. The molecular weight excluding hydrogens is 446 g/mol. The van der Waals surface area contributed by atoms with E-state index in [1.54, 1.807) is 0 Å². The van der Waals surface area contributed by atoms with Crippen LogP contribution in [0.5, 0.6) is 5.75 Å². The number of hydrogen-bond donors (Lipinski definition) is 1. The van der Waals surface area contributed by atoms with Gasteiger partial charge in [-0.2, -0.15) is 0 Å². The van der Waals surface area contributed by atoms with Crippen LogP contribution >= 0.6 is 11.8 Å². The summed E-state index contributed by atoms with van der Waals surface area (Å²) >= 11 is 1.34. The third-order valence-corrected chi connectivity index (χ3v) is 7.46. The molecular formula is C26H33N5O2S. The van der Waals surface area contributed by atoms with Crippen LogP contribution in [0.15, 0.2) is 53.7 Å². The van der Waals surface area contributed by atoms with Crippen LogP contribution in [-0.4, -0.2) is 44.0 Å². The van der Waals surface area contributed by atoms with Gasteiger partial charge in [-0.05, 0) is 62.6 Å². The van der Waals surface area contributed by atoms with E-state index in [2.05, 4.69) is 34.5 Å². The Morgan fingerprint density at radius 2 is 1.76 bits per heavy atom. The van der Waals surface area contributed by atoms with Crippen molar-refractivity contribution in [2.45, 2.75) is 57.0 Å². The molecule has 2 N–H and O–H groups in total. The highest BCUT2D eigenvalue weighted by Crippen LogP contribution is 2.27. The molecule has 7 nitrogen and oxygen atoms in total. The topological polar surface area (TPSA) is 86.3 Å². The molecule has 0 aliphatic carbocycles. The van der Waals surface area contributed by atoms with E-state index in [4.69, 9.17) is 10.6 Å². The summed E-state index contributed by atoms with van der Waals surface area (Å²) in [7, 11) is 0. The highest BCUT2D eigenvalue weighted by Gasteiger charge is 2.28. The molecule has 1 aromatic heterocycles. The fourth-order valence-electron chi connectivity index (χ4n) is 4.42. The Morgan fingerprint density at radius 1 is 1.09 bits per heavy atom. The molecule has 1 fully saturated rings. The van der Waals surface area contributed by atoms with E-state index < -0.39 is 0 Å². The fraction of sp³-hybridized carbons (Fsp3) is 0.423. The Hall–Kier alpha value is -3.00. The number of carbonyl (C=O) groups is 1. The summed E-state index contributed by atoms with van der Waals surface area (Å²) in [5.41, 5.74) is 3.49. The minimum absolute atomic E-state index is 0.125. The number of likely N-dealkylation sites (tertiary alicyclic amines) is 1. The van der Waals surface area contributed by atoms with Crippen LogP contribution in [-0.2, 0) is 17.8 Å². The molecule has 2 heterocycles. The van der Waals surface area contributed by atoms with Crippen LogP contribution in [0, 0.1) is 19.8 Å². The molecule has 1 unspecified atom stereocenters. The first kappa shape index (κ1) is 24.1. The zero-order valence-electron chi connectivity index (χ0n) is 20.1. The number of hydrogen-bond acceptors (Lipinski definition) is 6. The van der Waals surface area contributed by atoms with Crippen molar-refractivity contribution in [3.8, 4) is 5.75 Å². The van der Waals surface area contributed by atoms with Crippen LogP contribution in [0.3, 0.4) is 0 Å².